The van der Waals surface area contributed by atoms with E-state index >= 15 is 0 Å². The van der Waals surface area contributed by atoms with Gasteiger partial charge in [-0.1, -0.05) is 11.3 Å². The van der Waals surface area contributed by atoms with Crippen molar-refractivity contribution in [3.8, 4) is 10.4 Å². The number of oxazole rings is 1. The van der Waals surface area contributed by atoms with Gasteiger partial charge in [-0.2, -0.15) is 4.98 Å². The Hall–Kier alpha value is -3.14. The molecule has 9 nitrogen and oxygen atoms in total. The Bertz CT molecular complexity index is 1040. The van der Waals surface area contributed by atoms with Crippen LogP contribution < -0.4 is 16.8 Å². The molecule has 1 aliphatic heterocycles. The van der Waals surface area contributed by atoms with Gasteiger partial charge in [0.2, 0.25) is 5.91 Å². The van der Waals surface area contributed by atoms with E-state index in [9.17, 15) is 9.59 Å². The van der Waals surface area contributed by atoms with Crippen molar-refractivity contribution in [1.29, 1.82) is 0 Å². The largest absolute Gasteiger partial charge is 0.424 e. The number of aryl methyl sites for hydroxylation is 1. The smallest absolute Gasteiger partial charge is 0.324 e. The molecule has 5 N–H and O–H groups in total. The third kappa shape index (κ3) is 3.19. The van der Waals surface area contributed by atoms with Crippen LogP contribution in [0.25, 0.3) is 21.5 Å². The zero-order valence-corrected chi connectivity index (χ0v) is 15.4. The summed E-state index contributed by atoms with van der Waals surface area (Å²) in [7, 11) is 0. The molecule has 3 amide bonds. The van der Waals surface area contributed by atoms with Crippen LogP contribution in [0.3, 0.4) is 0 Å². The SMILES string of the molecule is Cc1nc(NC(=O)N2CCCC2C(N)=O)sc1-c1ccc2oc(N)nc2c1. The van der Waals surface area contributed by atoms with Gasteiger partial charge in [0.05, 0.1) is 10.6 Å². The Balaban J connectivity index is 1.57. The summed E-state index contributed by atoms with van der Waals surface area (Å²) in [5.41, 5.74) is 13.9. The molecule has 1 atom stereocenters. The molecule has 0 spiro atoms. The number of nitrogens with one attached hydrogen (secondary N) is 1. The maximum absolute atomic E-state index is 12.5. The molecule has 1 aliphatic rings. The fourth-order valence-corrected chi connectivity index (χ4v) is 4.23. The van der Waals surface area contributed by atoms with E-state index in [1.165, 1.54) is 16.2 Å². The highest BCUT2D eigenvalue weighted by molar-refractivity contribution is 7.19. The Morgan fingerprint density at radius 1 is 1.37 bits per heavy atom. The number of rotatable bonds is 3. The van der Waals surface area contributed by atoms with E-state index in [2.05, 4.69) is 15.3 Å². The number of thiazole rings is 1. The number of carbonyl (C=O) groups excluding carboxylic acids is 2. The second kappa shape index (κ2) is 6.54. The quantitative estimate of drug-likeness (QED) is 0.631. The maximum Gasteiger partial charge on any atom is 0.324 e. The van der Waals surface area contributed by atoms with Crippen molar-refractivity contribution in [2.24, 2.45) is 5.73 Å². The fourth-order valence-electron chi connectivity index (χ4n) is 3.27. The van der Waals surface area contributed by atoms with Crippen LogP contribution in [-0.4, -0.2) is 39.4 Å². The number of hydrogen-bond acceptors (Lipinski definition) is 7. The number of anilines is 2. The number of hydrogen-bond donors (Lipinski definition) is 3. The highest BCUT2D eigenvalue weighted by Crippen LogP contribution is 2.35. The van der Waals surface area contributed by atoms with E-state index < -0.39 is 11.9 Å². The van der Waals surface area contributed by atoms with Gasteiger partial charge in [0.25, 0.3) is 6.01 Å². The molecule has 1 fully saturated rings. The average Bonchev–Trinajstić information content (AvgIpc) is 3.31. The molecule has 0 radical (unpaired) electrons. The second-order valence-electron chi connectivity index (χ2n) is 6.35. The number of benzene rings is 1. The van der Waals surface area contributed by atoms with Crippen LogP contribution in [-0.2, 0) is 4.79 Å². The van der Waals surface area contributed by atoms with E-state index in [4.69, 9.17) is 15.9 Å². The number of primary amides is 1. The van der Waals surface area contributed by atoms with Gasteiger partial charge in [-0.25, -0.2) is 9.78 Å². The van der Waals surface area contributed by atoms with E-state index in [1.54, 1.807) is 6.07 Å². The van der Waals surface area contributed by atoms with Gasteiger partial charge in [0.15, 0.2) is 10.7 Å². The monoisotopic (exact) mass is 386 g/mol. The molecule has 3 heterocycles. The molecule has 10 heteroatoms. The van der Waals surface area contributed by atoms with Crippen molar-refractivity contribution in [3.05, 3.63) is 23.9 Å². The number of nitrogens with two attached hydrogens (primary N) is 2. The minimum Gasteiger partial charge on any atom is -0.424 e. The van der Waals surface area contributed by atoms with Crippen LogP contribution in [0, 0.1) is 6.92 Å². The van der Waals surface area contributed by atoms with E-state index in [1.807, 2.05) is 19.1 Å². The summed E-state index contributed by atoms with van der Waals surface area (Å²) in [5, 5.41) is 3.23. The van der Waals surface area contributed by atoms with E-state index in [0.29, 0.717) is 29.2 Å². The van der Waals surface area contributed by atoms with Crippen molar-refractivity contribution < 1.29 is 14.0 Å². The first-order valence-corrected chi connectivity index (χ1v) is 9.25. The van der Waals surface area contributed by atoms with Gasteiger partial charge in [-0.05, 0) is 43.5 Å². The molecule has 0 bridgehead atoms. The van der Waals surface area contributed by atoms with Gasteiger partial charge < -0.3 is 20.8 Å². The lowest BCUT2D eigenvalue weighted by Crippen LogP contribution is -2.45. The predicted molar refractivity (Wildman–Crippen MR) is 102 cm³/mol. The molecular weight excluding hydrogens is 368 g/mol. The standard InChI is InChI=1S/C17H18N6O3S/c1-8-13(9-4-5-12-10(7-9)21-15(19)26-12)27-16(20-8)22-17(25)23-6-2-3-11(23)14(18)24/h4-5,7,11H,2-3,6H2,1H3,(H2,18,24)(H2,19,21)(H,20,22,25). The zero-order chi connectivity index (χ0) is 19.1. The number of fused-ring (bicyclic) bond motifs is 1. The molecular formula is C17H18N6O3S. The second-order valence-corrected chi connectivity index (χ2v) is 7.35. The number of urea groups is 1. The van der Waals surface area contributed by atoms with Crippen LogP contribution in [0.2, 0.25) is 0 Å². The summed E-state index contributed by atoms with van der Waals surface area (Å²) in [5.74, 6) is -0.487. The molecule has 0 saturated carbocycles. The molecule has 0 aliphatic carbocycles. The van der Waals surface area contributed by atoms with Crippen molar-refractivity contribution in [2.45, 2.75) is 25.8 Å². The molecule has 1 aromatic carbocycles. The third-order valence-corrected chi connectivity index (χ3v) is 5.64. The summed E-state index contributed by atoms with van der Waals surface area (Å²) < 4.78 is 5.29. The lowest BCUT2D eigenvalue weighted by Gasteiger charge is -2.21. The van der Waals surface area contributed by atoms with Crippen LogP contribution in [0.4, 0.5) is 15.9 Å². The lowest BCUT2D eigenvalue weighted by molar-refractivity contribution is -0.121. The van der Waals surface area contributed by atoms with Gasteiger partial charge in [-0.15, -0.1) is 0 Å². The van der Waals surface area contributed by atoms with E-state index in [0.717, 1.165) is 22.6 Å². The van der Waals surface area contributed by atoms with Crippen LogP contribution in [0.1, 0.15) is 18.5 Å². The number of nitrogens with zero attached hydrogens (tertiary/aromatic N) is 3. The van der Waals surface area contributed by atoms with Gasteiger partial charge in [-0.3, -0.25) is 10.1 Å². The number of amides is 3. The molecule has 2 aromatic heterocycles. The first kappa shape index (κ1) is 17.3. The Labute approximate surface area is 158 Å². The maximum atomic E-state index is 12.5. The first-order valence-electron chi connectivity index (χ1n) is 8.43. The lowest BCUT2D eigenvalue weighted by atomic mass is 10.1. The van der Waals surface area contributed by atoms with Gasteiger partial charge in [0, 0.05) is 6.54 Å². The Kier molecular flexibility index (Phi) is 4.19. The summed E-state index contributed by atoms with van der Waals surface area (Å²) >= 11 is 1.35. The summed E-state index contributed by atoms with van der Waals surface area (Å²) in [6.07, 6.45) is 1.34. The van der Waals surface area contributed by atoms with Crippen LogP contribution in [0.5, 0.6) is 0 Å². The summed E-state index contributed by atoms with van der Waals surface area (Å²) in [4.78, 5) is 34.9. The molecule has 4 rings (SSSR count). The number of nitrogen functional groups attached to an aromatic ring is 1. The van der Waals surface area contributed by atoms with E-state index in [-0.39, 0.29) is 12.0 Å². The van der Waals surface area contributed by atoms with Crippen molar-refractivity contribution in [2.75, 3.05) is 17.6 Å². The van der Waals surface area contributed by atoms with Gasteiger partial charge in [0.1, 0.15) is 11.6 Å². The van der Waals surface area contributed by atoms with Crippen LogP contribution in [0.15, 0.2) is 22.6 Å². The molecule has 1 unspecified atom stereocenters. The molecule has 3 aromatic rings. The van der Waals surface area contributed by atoms with Gasteiger partial charge >= 0.3 is 6.03 Å². The third-order valence-electron chi connectivity index (χ3n) is 4.52. The Morgan fingerprint density at radius 3 is 2.96 bits per heavy atom. The van der Waals surface area contributed by atoms with Crippen LogP contribution >= 0.6 is 11.3 Å². The topological polar surface area (TPSA) is 140 Å². The minimum absolute atomic E-state index is 0.116. The predicted octanol–water partition coefficient (Wildman–Crippen LogP) is 2.32. The van der Waals surface area contributed by atoms with Crippen molar-refractivity contribution in [1.82, 2.24) is 14.9 Å². The summed E-state index contributed by atoms with van der Waals surface area (Å²) in [6.45, 7) is 2.37. The minimum atomic E-state index is -0.564. The normalized spacial score (nSPS) is 16.8. The highest BCUT2D eigenvalue weighted by Gasteiger charge is 2.33. The number of likely N-dealkylation sites (tertiary alicyclic amines) is 1. The molecule has 140 valence electrons. The number of carbonyl (C=O) groups is 2. The summed E-state index contributed by atoms with van der Waals surface area (Å²) in [6, 6.07) is 4.74. The first-order chi connectivity index (χ1) is 12.9. The number of aromatic nitrogens is 2. The van der Waals surface area contributed by atoms with Crippen molar-refractivity contribution in [3.63, 3.8) is 0 Å². The Morgan fingerprint density at radius 2 is 2.19 bits per heavy atom. The zero-order valence-electron chi connectivity index (χ0n) is 14.6. The van der Waals surface area contributed by atoms with Crippen molar-refractivity contribution >= 4 is 45.5 Å². The fraction of sp³-hybridized carbons (Fsp3) is 0.294. The average molecular weight is 386 g/mol. The highest BCUT2D eigenvalue weighted by atomic mass is 32.1. The molecule has 27 heavy (non-hydrogen) atoms. The molecule has 1 saturated heterocycles.